The number of anilines is 2. The van der Waals surface area contributed by atoms with E-state index in [4.69, 9.17) is 11.5 Å². The van der Waals surface area contributed by atoms with Gasteiger partial charge in [0.2, 0.25) is 0 Å². The fourth-order valence-corrected chi connectivity index (χ4v) is 1.83. The maximum absolute atomic E-state index is 13.2. The second-order valence-electron chi connectivity index (χ2n) is 4.04. The zero-order valence-electron chi connectivity index (χ0n) is 9.44. The van der Waals surface area contributed by atoms with Crippen molar-refractivity contribution in [3.63, 3.8) is 0 Å². The van der Waals surface area contributed by atoms with Gasteiger partial charge in [-0.2, -0.15) is 0 Å². The smallest absolute Gasteiger partial charge is 0.100 e. The lowest BCUT2D eigenvalue weighted by molar-refractivity contribution is 0.461. The fourth-order valence-electron chi connectivity index (χ4n) is 1.83. The first-order valence-corrected chi connectivity index (χ1v) is 5.47. The van der Waals surface area contributed by atoms with Gasteiger partial charge in [-0.1, -0.05) is 24.3 Å². The molecule has 0 saturated carbocycles. The fraction of sp³-hybridized carbons (Fsp3) is 0.143. The Morgan fingerprint density at radius 1 is 0.765 bits per heavy atom. The van der Waals surface area contributed by atoms with Crippen LogP contribution in [0.5, 0.6) is 0 Å². The summed E-state index contributed by atoms with van der Waals surface area (Å²) in [5, 5.41) is 0. The molecular weight excluding hydrogens is 215 g/mol. The molecule has 0 aliphatic heterocycles. The van der Waals surface area contributed by atoms with Crippen LogP contribution in [-0.4, -0.2) is 6.67 Å². The average molecular weight is 230 g/mol. The van der Waals surface area contributed by atoms with Crippen LogP contribution in [0.1, 0.15) is 17.0 Å². The number of nitrogens with two attached hydrogens (primary N) is 2. The van der Waals surface area contributed by atoms with E-state index in [9.17, 15) is 4.39 Å². The summed E-state index contributed by atoms with van der Waals surface area (Å²) < 4.78 is 13.2. The number of benzene rings is 2. The maximum Gasteiger partial charge on any atom is 0.100 e. The molecule has 2 aromatic rings. The van der Waals surface area contributed by atoms with E-state index >= 15 is 0 Å². The van der Waals surface area contributed by atoms with Crippen molar-refractivity contribution in [3.8, 4) is 0 Å². The molecule has 0 fully saturated rings. The summed E-state index contributed by atoms with van der Waals surface area (Å²) in [6.45, 7) is -0.437. The lowest BCUT2D eigenvalue weighted by atomic mass is 9.92. The van der Waals surface area contributed by atoms with Gasteiger partial charge in [-0.3, -0.25) is 4.39 Å². The third-order valence-electron chi connectivity index (χ3n) is 2.83. The number of nitrogen functional groups attached to an aromatic ring is 2. The second-order valence-corrected chi connectivity index (χ2v) is 4.04. The van der Waals surface area contributed by atoms with Gasteiger partial charge in [0.1, 0.15) is 6.67 Å². The maximum atomic E-state index is 13.2. The molecule has 2 nitrogen and oxygen atoms in total. The molecule has 0 amide bonds. The van der Waals surface area contributed by atoms with Gasteiger partial charge in [-0.15, -0.1) is 0 Å². The highest BCUT2D eigenvalue weighted by Crippen LogP contribution is 2.26. The molecule has 0 spiro atoms. The second kappa shape index (κ2) is 4.87. The summed E-state index contributed by atoms with van der Waals surface area (Å²) in [5.74, 6) is -0.254. The van der Waals surface area contributed by atoms with Gasteiger partial charge in [0, 0.05) is 17.3 Å². The van der Waals surface area contributed by atoms with Crippen molar-refractivity contribution in [1.82, 2.24) is 0 Å². The molecule has 0 aliphatic carbocycles. The van der Waals surface area contributed by atoms with Crippen LogP contribution in [-0.2, 0) is 0 Å². The van der Waals surface area contributed by atoms with Crippen molar-refractivity contribution in [2.75, 3.05) is 18.1 Å². The quantitative estimate of drug-likeness (QED) is 0.796. The van der Waals surface area contributed by atoms with Crippen LogP contribution in [0.4, 0.5) is 15.8 Å². The van der Waals surface area contributed by atoms with E-state index in [0.717, 1.165) is 11.1 Å². The number of hydrogen-bond acceptors (Lipinski definition) is 2. The van der Waals surface area contributed by atoms with Crippen LogP contribution in [0.3, 0.4) is 0 Å². The van der Waals surface area contributed by atoms with Gasteiger partial charge in [-0.25, -0.2) is 0 Å². The van der Waals surface area contributed by atoms with Gasteiger partial charge in [0.05, 0.1) is 0 Å². The molecule has 4 N–H and O–H groups in total. The minimum Gasteiger partial charge on any atom is -0.399 e. The van der Waals surface area contributed by atoms with E-state index in [2.05, 4.69) is 0 Å². The Hall–Kier alpha value is -2.03. The van der Waals surface area contributed by atoms with Gasteiger partial charge in [0.15, 0.2) is 0 Å². The molecule has 0 radical (unpaired) electrons. The monoisotopic (exact) mass is 230 g/mol. The van der Waals surface area contributed by atoms with Crippen molar-refractivity contribution in [2.45, 2.75) is 5.92 Å². The summed E-state index contributed by atoms with van der Waals surface area (Å²) in [7, 11) is 0. The largest absolute Gasteiger partial charge is 0.399 e. The molecule has 0 saturated heterocycles. The third-order valence-corrected chi connectivity index (χ3v) is 2.83. The average Bonchev–Trinajstić information content (AvgIpc) is 2.35. The molecule has 2 aromatic carbocycles. The summed E-state index contributed by atoms with van der Waals surface area (Å²) in [6.07, 6.45) is 0. The SMILES string of the molecule is Nc1ccc(C(CF)c2ccc(N)cc2)cc1. The first kappa shape index (κ1) is 11.5. The number of rotatable bonds is 3. The topological polar surface area (TPSA) is 52.0 Å². The van der Waals surface area contributed by atoms with E-state index in [1.807, 2.05) is 24.3 Å². The summed E-state index contributed by atoms with van der Waals surface area (Å²) in [4.78, 5) is 0. The van der Waals surface area contributed by atoms with Crippen LogP contribution in [0.15, 0.2) is 48.5 Å². The Labute approximate surface area is 100 Å². The highest BCUT2D eigenvalue weighted by molar-refractivity contribution is 5.45. The van der Waals surface area contributed by atoms with Crippen molar-refractivity contribution in [3.05, 3.63) is 59.7 Å². The molecule has 0 aliphatic rings. The van der Waals surface area contributed by atoms with Crippen molar-refractivity contribution >= 4 is 11.4 Å². The molecule has 2 rings (SSSR count). The Bertz CT molecular complexity index is 431. The Morgan fingerprint density at radius 3 is 1.41 bits per heavy atom. The van der Waals surface area contributed by atoms with Crippen molar-refractivity contribution in [2.24, 2.45) is 0 Å². The molecule has 3 heteroatoms. The van der Waals surface area contributed by atoms with E-state index in [0.29, 0.717) is 11.4 Å². The zero-order valence-corrected chi connectivity index (χ0v) is 9.44. The van der Waals surface area contributed by atoms with Crippen molar-refractivity contribution < 1.29 is 4.39 Å². The standard InChI is InChI=1S/C14H15FN2/c15-9-14(10-1-5-12(16)6-2-10)11-3-7-13(17)8-4-11/h1-8,14H,9,16-17H2. The van der Waals surface area contributed by atoms with Crippen LogP contribution in [0.25, 0.3) is 0 Å². The zero-order chi connectivity index (χ0) is 12.3. The van der Waals surface area contributed by atoms with Crippen molar-refractivity contribution in [1.29, 1.82) is 0 Å². The van der Waals surface area contributed by atoms with Gasteiger partial charge in [-0.05, 0) is 35.4 Å². The van der Waals surface area contributed by atoms with Crippen LogP contribution < -0.4 is 11.5 Å². The predicted octanol–water partition coefficient (Wildman–Crippen LogP) is 2.95. The van der Waals surface area contributed by atoms with Crippen LogP contribution in [0.2, 0.25) is 0 Å². The lowest BCUT2D eigenvalue weighted by Gasteiger charge is -2.14. The molecule has 0 aromatic heterocycles. The Kier molecular flexibility index (Phi) is 3.28. The number of halogens is 1. The third kappa shape index (κ3) is 2.56. The highest BCUT2D eigenvalue weighted by atomic mass is 19.1. The van der Waals surface area contributed by atoms with Gasteiger partial charge >= 0.3 is 0 Å². The van der Waals surface area contributed by atoms with E-state index < -0.39 is 6.67 Å². The first-order valence-electron chi connectivity index (χ1n) is 5.47. The van der Waals surface area contributed by atoms with Gasteiger partial charge in [0.25, 0.3) is 0 Å². The highest BCUT2D eigenvalue weighted by Gasteiger charge is 2.13. The lowest BCUT2D eigenvalue weighted by Crippen LogP contribution is -2.03. The van der Waals surface area contributed by atoms with Crippen LogP contribution >= 0.6 is 0 Å². The summed E-state index contributed by atoms with van der Waals surface area (Å²) >= 11 is 0. The van der Waals surface area contributed by atoms with E-state index in [1.165, 1.54) is 0 Å². The van der Waals surface area contributed by atoms with Crippen LogP contribution in [0, 0.1) is 0 Å². The van der Waals surface area contributed by atoms with Gasteiger partial charge < -0.3 is 11.5 Å². The molecule has 0 atom stereocenters. The summed E-state index contributed by atoms with van der Waals surface area (Å²) in [5.41, 5.74) is 14.4. The minimum atomic E-state index is -0.437. The first-order chi connectivity index (χ1) is 8.20. The normalized spacial score (nSPS) is 10.7. The van der Waals surface area contributed by atoms with E-state index in [1.54, 1.807) is 24.3 Å². The van der Waals surface area contributed by atoms with E-state index in [-0.39, 0.29) is 5.92 Å². The minimum absolute atomic E-state index is 0.254. The number of alkyl halides is 1. The molecule has 0 unspecified atom stereocenters. The molecular formula is C14H15FN2. The summed E-state index contributed by atoms with van der Waals surface area (Å²) in [6, 6.07) is 14.6. The predicted molar refractivity (Wildman–Crippen MR) is 69.5 cm³/mol. The Morgan fingerprint density at radius 2 is 1.12 bits per heavy atom. The Balaban J connectivity index is 2.33. The number of hydrogen-bond donors (Lipinski definition) is 2. The molecule has 0 bridgehead atoms. The molecule has 0 heterocycles. The molecule has 17 heavy (non-hydrogen) atoms. The molecule has 88 valence electrons.